The maximum Gasteiger partial charge on any atom is 0.254 e. The Morgan fingerprint density at radius 1 is 1.24 bits per heavy atom. The van der Waals surface area contributed by atoms with Crippen LogP contribution in [0.1, 0.15) is 47.1 Å². The normalized spacial score (nSPS) is 14.7. The van der Waals surface area contributed by atoms with Crippen LogP contribution in [0.5, 0.6) is 0 Å². The van der Waals surface area contributed by atoms with Gasteiger partial charge in [-0.3, -0.25) is 9.78 Å². The Bertz CT molecular complexity index is 1350. The van der Waals surface area contributed by atoms with Gasteiger partial charge < -0.3 is 15.2 Å². The van der Waals surface area contributed by atoms with E-state index in [4.69, 9.17) is 16.6 Å². The van der Waals surface area contributed by atoms with Crippen molar-refractivity contribution in [3.63, 3.8) is 0 Å². The van der Waals surface area contributed by atoms with E-state index in [1.54, 1.807) is 0 Å². The molecule has 2 aromatic carbocycles. The van der Waals surface area contributed by atoms with Crippen LogP contribution < -0.4 is 5.32 Å². The minimum Gasteiger partial charge on any atom is -0.375 e. The number of rotatable bonds is 7. The zero-order valence-corrected chi connectivity index (χ0v) is 21.0. The molecule has 1 aliphatic rings. The van der Waals surface area contributed by atoms with Crippen LogP contribution in [0.15, 0.2) is 42.6 Å². The second kappa shape index (κ2) is 9.84. The predicted molar refractivity (Wildman–Crippen MR) is 142 cm³/mol. The van der Waals surface area contributed by atoms with Crippen molar-refractivity contribution in [1.82, 2.24) is 19.9 Å². The highest BCUT2D eigenvalue weighted by Crippen LogP contribution is 2.31. The Morgan fingerprint density at radius 3 is 2.85 bits per heavy atom. The Kier molecular flexibility index (Phi) is 6.66. The summed E-state index contributed by atoms with van der Waals surface area (Å²) in [7, 11) is 0. The Morgan fingerprint density at radius 2 is 2.06 bits per heavy atom. The van der Waals surface area contributed by atoms with E-state index in [1.807, 2.05) is 66.2 Å². The summed E-state index contributed by atoms with van der Waals surface area (Å²) in [6.45, 7) is 3.67. The summed E-state index contributed by atoms with van der Waals surface area (Å²) in [5.74, 6) is 1.98. The second-order valence-electron chi connectivity index (χ2n) is 8.75. The molecule has 0 saturated carbocycles. The van der Waals surface area contributed by atoms with Gasteiger partial charge in [0.15, 0.2) is 0 Å². The van der Waals surface area contributed by atoms with Gasteiger partial charge in [-0.1, -0.05) is 11.6 Å². The molecule has 0 bridgehead atoms. The first-order valence-corrected chi connectivity index (χ1v) is 13.4. The molecule has 6 nitrogen and oxygen atoms in total. The van der Waals surface area contributed by atoms with E-state index in [0.29, 0.717) is 5.02 Å². The number of likely N-dealkylation sites (tertiary alicyclic amines) is 1. The van der Waals surface area contributed by atoms with Crippen LogP contribution >= 0.6 is 23.4 Å². The average Bonchev–Trinajstić information content (AvgIpc) is 3.52. The SMILES string of the molecule is CSCCC(Nc1ccnc2c(C)c(C(=O)N3CCCC3)ccc12)c1nc2ccc(Cl)cc2[nH]1. The van der Waals surface area contributed by atoms with Gasteiger partial charge in [0, 0.05) is 40.9 Å². The number of aromatic nitrogens is 3. The summed E-state index contributed by atoms with van der Waals surface area (Å²) >= 11 is 7.99. The van der Waals surface area contributed by atoms with Crippen LogP contribution in [0.2, 0.25) is 5.02 Å². The van der Waals surface area contributed by atoms with Crippen molar-refractivity contribution in [2.24, 2.45) is 0 Å². The molecule has 1 amide bonds. The number of anilines is 1. The van der Waals surface area contributed by atoms with Crippen molar-refractivity contribution in [1.29, 1.82) is 0 Å². The molecule has 1 atom stereocenters. The summed E-state index contributed by atoms with van der Waals surface area (Å²) in [6, 6.07) is 11.7. The lowest BCUT2D eigenvalue weighted by molar-refractivity contribution is 0.0792. The molecular formula is C26H28ClN5OS. The van der Waals surface area contributed by atoms with Gasteiger partial charge in [0.05, 0.1) is 22.6 Å². The third-order valence-electron chi connectivity index (χ3n) is 6.52. The van der Waals surface area contributed by atoms with E-state index in [0.717, 1.165) is 82.7 Å². The van der Waals surface area contributed by atoms with Gasteiger partial charge in [-0.2, -0.15) is 11.8 Å². The molecule has 3 heterocycles. The molecule has 0 spiro atoms. The number of nitrogens with zero attached hydrogens (tertiary/aromatic N) is 3. The average molecular weight is 494 g/mol. The number of carbonyl (C=O) groups is 1. The number of carbonyl (C=O) groups excluding carboxylic acids is 1. The molecule has 1 fully saturated rings. The zero-order chi connectivity index (χ0) is 23.7. The lowest BCUT2D eigenvalue weighted by atomic mass is 10.0. The molecule has 34 heavy (non-hydrogen) atoms. The number of aromatic amines is 1. The predicted octanol–water partition coefficient (Wildman–Crippen LogP) is 6.22. The van der Waals surface area contributed by atoms with Crippen LogP contribution in [0.4, 0.5) is 5.69 Å². The van der Waals surface area contributed by atoms with Gasteiger partial charge in [-0.05, 0) is 80.2 Å². The van der Waals surface area contributed by atoms with Crippen molar-refractivity contribution >= 4 is 56.9 Å². The molecule has 5 rings (SSSR count). The number of thioether (sulfide) groups is 1. The number of aryl methyl sites for hydroxylation is 1. The molecule has 1 aliphatic heterocycles. The molecule has 8 heteroatoms. The van der Waals surface area contributed by atoms with Crippen molar-refractivity contribution in [2.75, 3.05) is 30.4 Å². The van der Waals surface area contributed by atoms with E-state index >= 15 is 0 Å². The van der Waals surface area contributed by atoms with Gasteiger partial charge in [0.2, 0.25) is 0 Å². The van der Waals surface area contributed by atoms with Crippen LogP contribution in [-0.2, 0) is 0 Å². The van der Waals surface area contributed by atoms with Crippen LogP contribution in [0.25, 0.3) is 21.9 Å². The number of H-pyrrole nitrogens is 1. The van der Waals surface area contributed by atoms with Gasteiger partial charge >= 0.3 is 0 Å². The lowest BCUT2D eigenvalue weighted by Crippen LogP contribution is -2.28. The number of benzene rings is 2. The van der Waals surface area contributed by atoms with E-state index < -0.39 is 0 Å². The van der Waals surface area contributed by atoms with E-state index in [9.17, 15) is 4.79 Å². The van der Waals surface area contributed by atoms with E-state index in [2.05, 4.69) is 21.5 Å². The summed E-state index contributed by atoms with van der Waals surface area (Å²) in [6.07, 6.45) is 6.99. The largest absolute Gasteiger partial charge is 0.375 e. The smallest absolute Gasteiger partial charge is 0.254 e. The standard InChI is InChI=1S/C26H28ClN5OS/c1-16-18(26(33)32-12-3-4-13-32)6-7-19-20(9-11-28-24(16)19)29-22(10-14-34-2)25-30-21-8-5-17(27)15-23(21)31-25/h5-9,11,15,22H,3-4,10,12-14H2,1-2H3,(H,28,29)(H,30,31). The molecule has 2 N–H and O–H groups in total. The van der Waals surface area contributed by atoms with Gasteiger partial charge in [-0.15, -0.1) is 0 Å². The van der Waals surface area contributed by atoms with Gasteiger partial charge in [-0.25, -0.2) is 4.98 Å². The maximum absolute atomic E-state index is 13.0. The molecule has 2 aromatic heterocycles. The molecule has 1 saturated heterocycles. The number of hydrogen-bond donors (Lipinski definition) is 2. The third kappa shape index (κ3) is 4.46. The summed E-state index contributed by atoms with van der Waals surface area (Å²) in [5.41, 5.74) is 5.34. The molecule has 176 valence electrons. The first kappa shape index (κ1) is 23.0. The number of imidazole rings is 1. The van der Waals surface area contributed by atoms with Crippen LogP contribution in [0, 0.1) is 6.92 Å². The molecule has 1 unspecified atom stereocenters. The highest BCUT2D eigenvalue weighted by molar-refractivity contribution is 7.98. The molecule has 0 aliphatic carbocycles. The number of amides is 1. The fraction of sp³-hybridized carbons (Fsp3) is 0.346. The van der Waals surface area contributed by atoms with Crippen LogP contribution in [0.3, 0.4) is 0 Å². The quantitative estimate of drug-likeness (QED) is 0.320. The summed E-state index contributed by atoms with van der Waals surface area (Å²) in [5, 5.41) is 5.40. The molecule has 4 aromatic rings. The fourth-order valence-corrected chi connectivity index (χ4v) is 5.32. The van der Waals surface area contributed by atoms with Crippen LogP contribution in [-0.4, -0.2) is 50.9 Å². The maximum atomic E-state index is 13.0. The topological polar surface area (TPSA) is 73.9 Å². The lowest BCUT2D eigenvalue weighted by Gasteiger charge is -2.20. The van der Waals surface area contributed by atoms with E-state index in [1.165, 1.54) is 0 Å². The first-order chi connectivity index (χ1) is 16.5. The van der Waals surface area contributed by atoms with Crippen molar-refractivity contribution in [3.8, 4) is 0 Å². The number of hydrogen-bond acceptors (Lipinski definition) is 5. The Labute approximate surface area is 208 Å². The Balaban J connectivity index is 1.49. The zero-order valence-electron chi connectivity index (χ0n) is 19.4. The summed E-state index contributed by atoms with van der Waals surface area (Å²) in [4.78, 5) is 27.9. The third-order valence-corrected chi connectivity index (χ3v) is 7.40. The van der Waals surface area contributed by atoms with Crippen molar-refractivity contribution in [2.45, 2.75) is 32.2 Å². The van der Waals surface area contributed by atoms with Crippen molar-refractivity contribution in [3.05, 3.63) is 64.6 Å². The summed E-state index contributed by atoms with van der Waals surface area (Å²) < 4.78 is 0. The fourth-order valence-electron chi connectivity index (χ4n) is 4.68. The number of halogens is 1. The van der Waals surface area contributed by atoms with Gasteiger partial charge in [0.25, 0.3) is 5.91 Å². The number of nitrogens with one attached hydrogen (secondary N) is 2. The minimum atomic E-state index is -0.00422. The second-order valence-corrected chi connectivity index (χ2v) is 10.2. The van der Waals surface area contributed by atoms with E-state index in [-0.39, 0.29) is 11.9 Å². The number of fused-ring (bicyclic) bond motifs is 2. The number of pyridine rings is 1. The monoisotopic (exact) mass is 493 g/mol. The highest BCUT2D eigenvalue weighted by Gasteiger charge is 2.23. The van der Waals surface area contributed by atoms with Gasteiger partial charge in [0.1, 0.15) is 5.82 Å². The van der Waals surface area contributed by atoms with Crippen molar-refractivity contribution < 1.29 is 4.79 Å². The first-order valence-electron chi connectivity index (χ1n) is 11.6. The molecule has 0 radical (unpaired) electrons. The highest BCUT2D eigenvalue weighted by atomic mass is 35.5. The Hall–Kier alpha value is -2.77. The molecular weight excluding hydrogens is 466 g/mol. The minimum absolute atomic E-state index is 0.00422.